The number of carbonyl (C=O) groups excluding carboxylic acids is 1. The van der Waals surface area contributed by atoms with E-state index in [2.05, 4.69) is 4.90 Å². The summed E-state index contributed by atoms with van der Waals surface area (Å²) in [5.41, 5.74) is 0.636. The summed E-state index contributed by atoms with van der Waals surface area (Å²) in [6.45, 7) is 5.80. The molecular weight excluding hydrogens is 304 g/mol. The van der Waals surface area contributed by atoms with Crippen LogP contribution in [-0.4, -0.2) is 72.7 Å². The van der Waals surface area contributed by atoms with Gasteiger partial charge in [-0.2, -0.15) is 11.3 Å². The molecule has 0 unspecified atom stereocenters. The van der Waals surface area contributed by atoms with Gasteiger partial charge in [0.25, 0.3) is 5.91 Å². The van der Waals surface area contributed by atoms with E-state index >= 15 is 0 Å². The van der Waals surface area contributed by atoms with Crippen molar-refractivity contribution in [2.45, 2.75) is 6.92 Å². The number of carboxylic acid groups (broad SMARTS) is 1. The summed E-state index contributed by atoms with van der Waals surface area (Å²) in [4.78, 5) is 27.6. The van der Waals surface area contributed by atoms with Gasteiger partial charge in [0.1, 0.15) is 0 Å². The lowest BCUT2D eigenvalue weighted by Crippen LogP contribution is -2.38. The fraction of sp³-hybridized carbons (Fsp3) is 0.600. The summed E-state index contributed by atoms with van der Waals surface area (Å²) in [6, 6.07) is 1.78. The molecule has 1 aromatic rings. The summed E-state index contributed by atoms with van der Waals surface area (Å²) in [6.07, 6.45) is 0. The molecule has 1 fully saturated rings. The molecular formula is C15H22N2O4S. The van der Waals surface area contributed by atoms with Gasteiger partial charge in [0, 0.05) is 44.7 Å². The van der Waals surface area contributed by atoms with Crippen molar-refractivity contribution in [1.82, 2.24) is 9.80 Å². The topological polar surface area (TPSA) is 70.1 Å². The Balaban J connectivity index is 2.01. The zero-order valence-corrected chi connectivity index (χ0v) is 13.6. The Morgan fingerprint density at radius 3 is 2.86 bits per heavy atom. The number of hydrogen-bond donors (Lipinski definition) is 1. The normalized spacial score (nSPS) is 19.9. The van der Waals surface area contributed by atoms with E-state index in [1.807, 2.05) is 12.3 Å². The van der Waals surface area contributed by atoms with Gasteiger partial charge in [0.15, 0.2) is 0 Å². The highest BCUT2D eigenvalue weighted by molar-refractivity contribution is 7.08. The number of amides is 1. The van der Waals surface area contributed by atoms with E-state index in [1.165, 1.54) is 11.3 Å². The highest BCUT2D eigenvalue weighted by atomic mass is 32.1. The maximum absolute atomic E-state index is 12.4. The first-order valence-corrected chi connectivity index (χ1v) is 8.40. The molecule has 2 rings (SSSR count). The van der Waals surface area contributed by atoms with Crippen molar-refractivity contribution in [3.05, 3.63) is 22.4 Å². The van der Waals surface area contributed by atoms with Crippen LogP contribution in [0.1, 0.15) is 17.3 Å². The number of carbonyl (C=O) groups is 2. The van der Waals surface area contributed by atoms with Crippen molar-refractivity contribution in [3.8, 4) is 0 Å². The van der Waals surface area contributed by atoms with Crippen LogP contribution in [0.15, 0.2) is 16.8 Å². The maximum Gasteiger partial charge on any atom is 0.309 e. The van der Waals surface area contributed by atoms with Crippen molar-refractivity contribution >= 4 is 23.2 Å². The molecule has 2 heterocycles. The van der Waals surface area contributed by atoms with Crippen molar-refractivity contribution in [3.63, 3.8) is 0 Å². The van der Waals surface area contributed by atoms with E-state index in [1.54, 1.807) is 16.3 Å². The average molecular weight is 326 g/mol. The minimum atomic E-state index is -0.855. The van der Waals surface area contributed by atoms with Gasteiger partial charge in [0.05, 0.1) is 18.1 Å². The molecule has 6 nitrogen and oxygen atoms in total. The molecule has 0 saturated carbocycles. The van der Waals surface area contributed by atoms with Crippen molar-refractivity contribution < 1.29 is 19.4 Å². The highest BCUT2D eigenvalue weighted by Gasteiger charge is 2.30. The second-order valence-corrected chi connectivity index (χ2v) is 6.08. The number of rotatable bonds is 6. The Hall–Kier alpha value is -1.44. The molecule has 122 valence electrons. The van der Waals surface area contributed by atoms with Crippen molar-refractivity contribution in [1.29, 1.82) is 0 Å². The third kappa shape index (κ3) is 4.53. The van der Waals surface area contributed by atoms with E-state index < -0.39 is 11.9 Å². The van der Waals surface area contributed by atoms with Gasteiger partial charge in [-0.15, -0.1) is 0 Å². The fourth-order valence-electron chi connectivity index (χ4n) is 2.53. The predicted octanol–water partition coefficient (Wildman–Crippen LogP) is 1.24. The van der Waals surface area contributed by atoms with Gasteiger partial charge < -0.3 is 14.7 Å². The minimum absolute atomic E-state index is 0.0841. The molecule has 0 spiro atoms. The van der Waals surface area contributed by atoms with Crippen LogP contribution in [0.3, 0.4) is 0 Å². The van der Waals surface area contributed by atoms with Crippen molar-refractivity contribution in [2.24, 2.45) is 5.92 Å². The van der Waals surface area contributed by atoms with Gasteiger partial charge in [-0.05, 0) is 18.4 Å². The van der Waals surface area contributed by atoms with Crippen LogP contribution in [0.4, 0.5) is 0 Å². The molecule has 1 atom stereocenters. The number of ether oxygens (including phenoxy) is 1. The molecule has 1 aliphatic rings. The van der Waals surface area contributed by atoms with E-state index in [4.69, 9.17) is 4.74 Å². The lowest BCUT2D eigenvalue weighted by molar-refractivity contribution is -0.142. The second-order valence-electron chi connectivity index (χ2n) is 5.30. The number of carboxylic acids is 1. The Bertz CT molecular complexity index is 492. The average Bonchev–Trinajstić information content (AvgIpc) is 2.94. The number of aliphatic carboxylic acids is 1. The van der Waals surface area contributed by atoms with E-state index in [9.17, 15) is 14.7 Å². The molecule has 22 heavy (non-hydrogen) atoms. The zero-order valence-electron chi connectivity index (χ0n) is 12.7. The molecule has 0 radical (unpaired) electrons. The molecule has 1 saturated heterocycles. The van der Waals surface area contributed by atoms with Gasteiger partial charge in [-0.3, -0.25) is 14.5 Å². The molecule has 1 aromatic heterocycles. The van der Waals surface area contributed by atoms with E-state index in [0.29, 0.717) is 45.0 Å². The second kappa shape index (κ2) is 8.26. The van der Waals surface area contributed by atoms with E-state index in [-0.39, 0.29) is 12.5 Å². The molecule has 7 heteroatoms. The van der Waals surface area contributed by atoms with Crippen LogP contribution in [0.25, 0.3) is 0 Å². The van der Waals surface area contributed by atoms with Gasteiger partial charge in [0.2, 0.25) is 0 Å². The summed E-state index contributed by atoms with van der Waals surface area (Å²) in [7, 11) is 0. The largest absolute Gasteiger partial charge is 0.481 e. The fourth-order valence-corrected chi connectivity index (χ4v) is 3.16. The van der Waals surface area contributed by atoms with Gasteiger partial charge >= 0.3 is 5.97 Å². The Kier molecular flexibility index (Phi) is 6.35. The van der Waals surface area contributed by atoms with Crippen LogP contribution in [0.5, 0.6) is 0 Å². The Morgan fingerprint density at radius 2 is 2.23 bits per heavy atom. The number of nitrogens with zero attached hydrogens (tertiary/aromatic N) is 2. The van der Waals surface area contributed by atoms with Crippen LogP contribution >= 0.6 is 11.3 Å². The molecule has 0 aromatic carbocycles. The molecule has 0 bridgehead atoms. The molecule has 1 aliphatic heterocycles. The van der Waals surface area contributed by atoms with Gasteiger partial charge in [-0.25, -0.2) is 0 Å². The SMILES string of the molecule is CCOCCN1CCN(C(=O)c2ccsc2)C[C@H](C(=O)O)C1. The molecule has 0 aliphatic carbocycles. The van der Waals surface area contributed by atoms with Gasteiger partial charge in [-0.1, -0.05) is 0 Å². The van der Waals surface area contributed by atoms with Crippen LogP contribution in [0, 0.1) is 5.92 Å². The highest BCUT2D eigenvalue weighted by Crippen LogP contribution is 2.15. The van der Waals surface area contributed by atoms with Crippen LogP contribution in [-0.2, 0) is 9.53 Å². The number of hydrogen-bond acceptors (Lipinski definition) is 5. The first-order valence-electron chi connectivity index (χ1n) is 7.46. The lowest BCUT2D eigenvalue weighted by Gasteiger charge is -2.21. The smallest absolute Gasteiger partial charge is 0.309 e. The standard InChI is InChI=1S/C15H22N2O4S/c1-2-21-7-6-16-4-5-17(10-13(9-16)15(19)20)14(18)12-3-8-22-11-12/h3,8,11,13H,2,4-7,9-10H2,1H3,(H,19,20)/t13-/m1/s1. The first kappa shape index (κ1) is 16.9. The summed E-state index contributed by atoms with van der Waals surface area (Å²) < 4.78 is 5.34. The monoisotopic (exact) mass is 326 g/mol. The summed E-state index contributed by atoms with van der Waals surface area (Å²) in [5.74, 6) is -1.50. The first-order chi connectivity index (χ1) is 10.6. The maximum atomic E-state index is 12.4. The minimum Gasteiger partial charge on any atom is -0.481 e. The Labute approximate surface area is 134 Å². The third-order valence-corrected chi connectivity index (χ3v) is 4.45. The zero-order chi connectivity index (χ0) is 15.9. The Morgan fingerprint density at radius 1 is 1.41 bits per heavy atom. The molecule has 1 N–H and O–H groups in total. The summed E-state index contributed by atoms with van der Waals surface area (Å²) >= 11 is 1.47. The quantitative estimate of drug-likeness (QED) is 0.797. The van der Waals surface area contributed by atoms with E-state index in [0.717, 1.165) is 0 Å². The van der Waals surface area contributed by atoms with Crippen LogP contribution < -0.4 is 0 Å². The number of thiophene rings is 1. The van der Waals surface area contributed by atoms with Crippen molar-refractivity contribution in [2.75, 3.05) is 45.9 Å². The molecule has 1 amide bonds. The summed E-state index contributed by atoms with van der Waals surface area (Å²) in [5, 5.41) is 13.0. The van der Waals surface area contributed by atoms with Crippen LogP contribution in [0.2, 0.25) is 0 Å². The predicted molar refractivity (Wildman–Crippen MR) is 84.3 cm³/mol. The third-order valence-electron chi connectivity index (χ3n) is 3.77. The lowest BCUT2D eigenvalue weighted by atomic mass is 10.1.